The summed E-state index contributed by atoms with van der Waals surface area (Å²) in [6.45, 7) is 2.69. The molecule has 0 saturated heterocycles. The monoisotopic (exact) mass is 227 g/mol. The number of rotatable bonds is 1. The molecule has 0 radical (unpaired) electrons. The van der Waals surface area contributed by atoms with Crippen molar-refractivity contribution < 1.29 is 4.79 Å². The molecule has 1 aliphatic heterocycles. The van der Waals surface area contributed by atoms with Crippen LogP contribution in [0.4, 0.5) is 5.69 Å². The number of nitrogens with zero attached hydrogens (tertiary/aromatic N) is 3. The first kappa shape index (κ1) is 10.1. The Bertz CT molecular complexity index is 600. The summed E-state index contributed by atoms with van der Waals surface area (Å²) in [6, 6.07) is 5.86. The van der Waals surface area contributed by atoms with Gasteiger partial charge in [-0.1, -0.05) is 12.1 Å². The van der Waals surface area contributed by atoms with E-state index in [1.54, 1.807) is 15.8 Å². The molecule has 1 aromatic heterocycles. The van der Waals surface area contributed by atoms with Crippen LogP contribution in [0.2, 0.25) is 0 Å². The molecule has 0 unspecified atom stereocenters. The van der Waals surface area contributed by atoms with Crippen molar-refractivity contribution >= 4 is 11.6 Å². The van der Waals surface area contributed by atoms with E-state index in [2.05, 4.69) is 5.10 Å². The normalized spacial score (nSPS) is 14.2. The largest absolute Gasteiger partial charge is 0.301 e. The number of carbonyl (C=O) groups is 1. The molecule has 1 aliphatic rings. The lowest BCUT2D eigenvalue weighted by Gasteiger charge is -2.12. The molecule has 4 nitrogen and oxygen atoms in total. The van der Waals surface area contributed by atoms with Crippen LogP contribution in [-0.2, 0) is 13.6 Å². The molecule has 0 spiro atoms. The summed E-state index contributed by atoms with van der Waals surface area (Å²) in [4.78, 5) is 14.0. The van der Waals surface area contributed by atoms with Crippen LogP contribution in [0.3, 0.4) is 0 Å². The van der Waals surface area contributed by atoms with Gasteiger partial charge >= 0.3 is 0 Å². The summed E-state index contributed by atoms with van der Waals surface area (Å²) >= 11 is 0. The molecular weight excluding hydrogens is 214 g/mol. The highest BCUT2D eigenvalue weighted by atomic mass is 16.2. The summed E-state index contributed by atoms with van der Waals surface area (Å²) in [6.07, 6.45) is 3.58. The molecule has 1 aromatic carbocycles. The maximum atomic E-state index is 12.2. The molecule has 86 valence electrons. The Morgan fingerprint density at radius 3 is 2.82 bits per heavy atom. The molecule has 1 amide bonds. The molecule has 0 N–H and O–H groups in total. The van der Waals surface area contributed by atoms with Crippen molar-refractivity contribution in [1.29, 1.82) is 0 Å². The predicted molar refractivity (Wildman–Crippen MR) is 64.9 cm³/mol. The molecule has 0 atom stereocenters. The van der Waals surface area contributed by atoms with E-state index in [1.807, 2.05) is 38.4 Å². The van der Waals surface area contributed by atoms with E-state index < -0.39 is 0 Å². The van der Waals surface area contributed by atoms with E-state index >= 15 is 0 Å². The van der Waals surface area contributed by atoms with Crippen LogP contribution in [0.25, 0.3) is 0 Å². The van der Waals surface area contributed by atoms with Crippen molar-refractivity contribution in [3.63, 3.8) is 0 Å². The standard InChI is InChI=1S/C13H13N3O/c1-9-4-3-5-11-12(9)8-16(13(11)17)10-6-14-15(2)7-10/h3-7H,8H2,1-2H3. The van der Waals surface area contributed by atoms with Crippen LogP contribution in [0.5, 0.6) is 0 Å². The van der Waals surface area contributed by atoms with E-state index in [1.165, 1.54) is 5.56 Å². The van der Waals surface area contributed by atoms with Crippen LogP contribution in [-0.4, -0.2) is 15.7 Å². The topological polar surface area (TPSA) is 38.1 Å². The quantitative estimate of drug-likeness (QED) is 0.746. The Morgan fingerprint density at radius 1 is 1.35 bits per heavy atom. The third kappa shape index (κ3) is 1.45. The van der Waals surface area contributed by atoms with Crippen molar-refractivity contribution in [1.82, 2.24) is 9.78 Å². The van der Waals surface area contributed by atoms with Gasteiger partial charge in [0.15, 0.2) is 0 Å². The number of fused-ring (bicyclic) bond motifs is 1. The van der Waals surface area contributed by atoms with Crippen molar-refractivity contribution in [3.8, 4) is 0 Å². The number of hydrogen-bond donors (Lipinski definition) is 0. The number of anilines is 1. The number of benzene rings is 1. The van der Waals surface area contributed by atoms with Crippen molar-refractivity contribution in [2.24, 2.45) is 7.05 Å². The Labute approximate surface area is 99.5 Å². The van der Waals surface area contributed by atoms with E-state index in [-0.39, 0.29) is 5.91 Å². The van der Waals surface area contributed by atoms with Gasteiger partial charge in [0, 0.05) is 18.8 Å². The second kappa shape index (κ2) is 3.45. The molecule has 2 aromatic rings. The number of hydrogen-bond acceptors (Lipinski definition) is 2. The van der Waals surface area contributed by atoms with E-state index in [9.17, 15) is 4.79 Å². The molecular formula is C13H13N3O. The van der Waals surface area contributed by atoms with Gasteiger partial charge in [0.2, 0.25) is 0 Å². The van der Waals surface area contributed by atoms with Gasteiger partial charge in [0.05, 0.1) is 18.4 Å². The van der Waals surface area contributed by atoms with Gasteiger partial charge in [-0.15, -0.1) is 0 Å². The molecule has 0 saturated carbocycles. The predicted octanol–water partition coefficient (Wildman–Crippen LogP) is 1.89. The number of aromatic nitrogens is 2. The third-order valence-corrected chi connectivity index (χ3v) is 3.20. The SMILES string of the molecule is Cc1cccc2c1CN(c1cnn(C)c1)C2=O. The van der Waals surface area contributed by atoms with Crippen molar-refractivity contribution in [2.45, 2.75) is 13.5 Å². The van der Waals surface area contributed by atoms with Crippen molar-refractivity contribution in [2.75, 3.05) is 4.90 Å². The lowest BCUT2D eigenvalue weighted by Crippen LogP contribution is -2.22. The van der Waals surface area contributed by atoms with Crippen LogP contribution >= 0.6 is 0 Å². The van der Waals surface area contributed by atoms with Crippen LogP contribution < -0.4 is 4.90 Å². The zero-order valence-electron chi connectivity index (χ0n) is 9.84. The first-order valence-corrected chi connectivity index (χ1v) is 5.56. The fourth-order valence-corrected chi connectivity index (χ4v) is 2.24. The van der Waals surface area contributed by atoms with Crippen LogP contribution in [0, 0.1) is 6.92 Å². The Kier molecular flexibility index (Phi) is 2.04. The van der Waals surface area contributed by atoms with Crippen molar-refractivity contribution in [3.05, 3.63) is 47.3 Å². The third-order valence-electron chi connectivity index (χ3n) is 3.20. The molecule has 0 fully saturated rings. The fourth-order valence-electron chi connectivity index (χ4n) is 2.24. The minimum atomic E-state index is 0.0664. The van der Waals surface area contributed by atoms with Gasteiger partial charge in [0.25, 0.3) is 5.91 Å². The average molecular weight is 227 g/mol. The van der Waals surface area contributed by atoms with E-state index in [0.717, 1.165) is 16.8 Å². The zero-order valence-corrected chi connectivity index (χ0v) is 9.84. The first-order valence-electron chi connectivity index (χ1n) is 5.56. The maximum absolute atomic E-state index is 12.2. The van der Waals surface area contributed by atoms with E-state index in [4.69, 9.17) is 0 Å². The molecule has 3 rings (SSSR count). The van der Waals surface area contributed by atoms with Crippen LogP contribution in [0.1, 0.15) is 21.5 Å². The lowest BCUT2D eigenvalue weighted by atomic mass is 10.1. The fraction of sp³-hybridized carbons (Fsp3) is 0.231. The number of carbonyl (C=O) groups excluding carboxylic acids is 1. The van der Waals surface area contributed by atoms with Gasteiger partial charge < -0.3 is 4.90 Å². The zero-order chi connectivity index (χ0) is 12.0. The first-order chi connectivity index (χ1) is 8.16. The van der Waals surface area contributed by atoms with Gasteiger partial charge in [0.1, 0.15) is 0 Å². The molecule has 2 heterocycles. The summed E-state index contributed by atoms with van der Waals surface area (Å²) < 4.78 is 1.71. The summed E-state index contributed by atoms with van der Waals surface area (Å²) in [5.41, 5.74) is 3.96. The Hall–Kier alpha value is -2.10. The molecule has 17 heavy (non-hydrogen) atoms. The second-order valence-electron chi connectivity index (χ2n) is 4.36. The van der Waals surface area contributed by atoms with E-state index in [0.29, 0.717) is 6.54 Å². The van der Waals surface area contributed by atoms with Crippen LogP contribution in [0.15, 0.2) is 30.6 Å². The molecule has 0 aliphatic carbocycles. The smallest absolute Gasteiger partial charge is 0.259 e. The van der Waals surface area contributed by atoms with Gasteiger partial charge in [-0.3, -0.25) is 9.48 Å². The minimum absolute atomic E-state index is 0.0664. The summed E-state index contributed by atoms with van der Waals surface area (Å²) in [5.74, 6) is 0.0664. The highest BCUT2D eigenvalue weighted by molar-refractivity contribution is 6.10. The maximum Gasteiger partial charge on any atom is 0.259 e. The molecule has 4 heteroatoms. The summed E-state index contributed by atoms with van der Waals surface area (Å²) in [7, 11) is 1.85. The van der Waals surface area contributed by atoms with Gasteiger partial charge in [-0.2, -0.15) is 5.10 Å². The summed E-state index contributed by atoms with van der Waals surface area (Å²) in [5, 5.41) is 4.10. The number of amides is 1. The second-order valence-corrected chi connectivity index (χ2v) is 4.36. The lowest BCUT2D eigenvalue weighted by molar-refractivity contribution is 0.0996. The Morgan fingerprint density at radius 2 is 2.18 bits per heavy atom. The van der Waals surface area contributed by atoms with Gasteiger partial charge in [-0.25, -0.2) is 0 Å². The Balaban J connectivity index is 2.04. The van der Waals surface area contributed by atoms with Gasteiger partial charge in [-0.05, 0) is 24.1 Å². The molecule has 0 bridgehead atoms. The minimum Gasteiger partial charge on any atom is -0.301 e. The highest BCUT2D eigenvalue weighted by Gasteiger charge is 2.29. The average Bonchev–Trinajstić information content (AvgIpc) is 2.85. The number of aryl methyl sites for hydroxylation is 2. The highest BCUT2D eigenvalue weighted by Crippen LogP contribution is 2.29.